The zero-order chi connectivity index (χ0) is 40.9. The average molecular weight is 781 g/mol. The third kappa shape index (κ3) is 6.12. The van der Waals surface area contributed by atoms with E-state index in [1.807, 2.05) is 73.7 Å². The number of amides is 4. The van der Waals surface area contributed by atoms with Gasteiger partial charge in [-0.15, -0.1) is 0 Å². The number of benzene rings is 4. The number of phenolic OH excluding ortho intramolecular Hbond substituents is 1. The molecule has 2 aliphatic carbocycles. The number of anilines is 2. The Morgan fingerprint density at radius 1 is 0.672 bits per heavy atom. The van der Waals surface area contributed by atoms with E-state index in [-0.39, 0.29) is 47.3 Å². The number of imide groups is 2. The van der Waals surface area contributed by atoms with Crippen LogP contribution in [0.25, 0.3) is 18.2 Å². The number of nitrogens with zero attached hydrogens (tertiary/aromatic N) is 2. The van der Waals surface area contributed by atoms with Crippen LogP contribution < -0.4 is 28.7 Å². The first-order valence-electron chi connectivity index (χ1n) is 19.2. The second-order valence-corrected chi connectivity index (χ2v) is 15.2. The van der Waals surface area contributed by atoms with Crippen molar-refractivity contribution >= 4 is 53.2 Å². The Kier molecular flexibility index (Phi) is 9.92. The van der Waals surface area contributed by atoms with Gasteiger partial charge in [0.25, 0.3) is 0 Å². The number of para-hydroxylation sites is 1. The number of fused-ring (bicyclic) bond motifs is 4. The topological polar surface area (TPSA) is 132 Å². The number of phenols is 1. The van der Waals surface area contributed by atoms with Gasteiger partial charge in [-0.3, -0.25) is 24.1 Å². The van der Waals surface area contributed by atoms with Crippen molar-refractivity contribution in [1.29, 1.82) is 0 Å². The highest BCUT2D eigenvalue weighted by molar-refractivity contribution is 6.25. The lowest BCUT2D eigenvalue weighted by Gasteiger charge is -2.47. The highest BCUT2D eigenvalue weighted by atomic mass is 16.5. The van der Waals surface area contributed by atoms with Crippen LogP contribution in [0.5, 0.6) is 28.7 Å². The molecule has 2 heterocycles. The van der Waals surface area contributed by atoms with E-state index in [0.717, 1.165) is 16.7 Å². The van der Waals surface area contributed by atoms with Crippen molar-refractivity contribution < 1.29 is 43.2 Å². The van der Waals surface area contributed by atoms with Crippen molar-refractivity contribution in [3.63, 3.8) is 0 Å². The smallest absolute Gasteiger partial charge is 0.241 e. The number of rotatable bonds is 10. The van der Waals surface area contributed by atoms with E-state index >= 15 is 0 Å². The molecule has 4 aromatic rings. The Morgan fingerprint density at radius 2 is 1.34 bits per heavy atom. The van der Waals surface area contributed by atoms with Crippen LogP contribution in [0.15, 0.2) is 103 Å². The molecule has 1 N–H and O–H groups in total. The quantitative estimate of drug-likeness (QED) is 0.0983. The minimum atomic E-state index is -1.19. The predicted octanol–water partition coefficient (Wildman–Crippen LogP) is 7.58. The van der Waals surface area contributed by atoms with Crippen molar-refractivity contribution in [3.05, 3.63) is 119 Å². The van der Waals surface area contributed by atoms with Gasteiger partial charge in [0.15, 0.2) is 11.5 Å². The van der Waals surface area contributed by atoms with Gasteiger partial charge in [0.05, 0.1) is 63.0 Å². The van der Waals surface area contributed by atoms with E-state index in [9.17, 15) is 24.3 Å². The molecule has 4 amide bonds. The van der Waals surface area contributed by atoms with E-state index in [4.69, 9.17) is 18.9 Å². The van der Waals surface area contributed by atoms with Crippen LogP contribution in [-0.4, -0.2) is 57.2 Å². The number of carbonyl (C=O) groups is 4. The fraction of sp³-hybridized carbons (Fsp3) is 0.277. The number of methoxy groups -OCH3 is 4. The number of hydrogen-bond acceptors (Lipinski definition) is 9. The molecule has 11 heteroatoms. The lowest BCUT2D eigenvalue weighted by Crippen LogP contribution is -2.49. The molecule has 0 radical (unpaired) electrons. The molecule has 8 rings (SSSR count). The van der Waals surface area contributed by atoms with Crippen molar-refractivity contribution in [1.82, 2.24) is 0 Å². The van der Waals surface area contributed by atoms with Crippen molar-refractivity contribution in [2.45, 2.75) is 19.8 Å². The summed E-state index contributed by atoms with van der Waals surface area (Å²) in [5, 5.41) is 10.6. The minimum Gasteiger partial charge on any atom is -0.502 e. The van der Waals surface area contributed by atoms with E-state index in [1.165, 1.54) is 24.0 Å². The first kappa shape index (κ1) is 38.3. The van der Waals surface area contributed by atoms with E-state index in [2.05, 4.69) is 0 Å². The molecular formula is C47H44N2O9. The maximum atomic E-state index is 14.6. The van der Waals surface area contributed by atoms with Crippen LogP contribution in [-0.2, 0) is 19.2 Å². The Bertz CT molecular complexity index is 2380. The summed E-state index contributed by atoms with van der Waals surface area (Å²) in [5.74, 6) is -2.72. The lowest BCUT2D eigenvalue weighted by molar-refractivity contribution is -0.132. The predicted molar refractivity (Wildman–Crippen MR) is 219 cm³/mol. The molecule has 6 atom stereocenters. The molecule has 58 heavy (non-hydrogen) atoms. The molecule has 3 fully saturated rings. The Morgan fingerprint density at radius 3 is 2.00 bits per heavy atom. The molecule has 296 valence electrons. The van der Waals surface area contributed by atoms with E-state index in [1.54, 1.807) is 62.8 Å². The highest BCUT2D eigenvalue weighted by Gasteiger charge is 2.67. The summed E-state index contributed by atoms with van der Waals surface area (Å²) in [6.07, 6.45) is 10.1. The van der Waals surface area contributed by atoms with Crippen LogP contribution >= 0.6 is 0 Å². The standard InChI is InChI=1S/C47H44N2O9/c1-47-36(21-14-28-23-39(57-4)42(50)40(24-28)58-5)33-19-20-34-41(35(33)26-37(47)44(52)49(46(47)54)30-9-7-6-8-10-30)45(53)48(43(34)51)31-16-12-27(13-17-31)11-15-29-25-32(55-2)18-22-38(29)56-3/h6-19,21-25,34-37,41,50H,20,26H2,1-5H3. The zero-order valence-corrected chi connectivity index (χ0v) is 32.9. The number of hydrogen-bond donors (Lipinski definition) is 1. The third-order valence-electron chi connectivity index (χ3n) is 12.4. The van der Waals surface area contributed by atoms with Crippen LogP contribution in [0, 0.1) is 35.0 Å². The largest absolute Gasteiger partial charge is 0.502 e. The molecular weight excluding hydrogens is 737 g/mol. The van der Waals surface area contributed by atoms with Crippen molar-refractivity contribution in [2.75, 3.05) is 38.2 Å². The number of ether oxygens (including phenoxy) is 4. The lowest BCUT2D eigenvalue weighted by atomic mass is 9.52. The SMILES string of the molecule is COc1ccc(OC)c(C=Cc2ccc(N3C(=O)C4CC=C5C(CC6C(=O)N(c7ccccc7)C(=O)C6(C)C5C=Cc5cc(OC)c(O)c(OC)c5)C4C3=O)cc2)c1. The van der Waals surface area contributed by atoms with Gasteiger partial charge in [0, 0.05) is 11.5 Å². The minimum absolute atomic E-state index is 0.142. The summed E-state index contributed by atoms with van der Waals surface area (Å²) in [5.41, 5.74) is 2.95. The number of carbonyl (C=O) groups excluding carboxylic acids is 4. The fourth-order valence-electron chi connectivity index (χ4n) is 9.40. The molecule has 1 saturated carbocycles. The van der Waals surface area contributed by atoms with Gasteiger partial charge < -0.3 is 24.1 Å². The van der Waals surface area contributed by atoms with E-state index in [0.29, 0.717) is 34.9 Å². The van der Waals surface area contributed by atoms with Crippen LogP contribution in [0.4, 0.5) is 11.4 Å². The molecule has 2 aliphatic heterocycles. The summed E-state index contributed by atoms with van der Waals surface area (Å²) >= 11 is 0. The van der Waals surface area contributed by atoms with Crippen LogP contribution in [0.2, 0.25) is 0 Å². The van der Waals surface area contributed by atoms with Crippen molar-refractivity contribution in [2.24, 2.45) is 35.0 Å². The zero-order valence-electron chi connectivity index (χ0n) is 32.9. The fourth-order valence-corrected chi connectivity index (χ4v) is 9.40. The molecule has 0 aromatic heterocycles. The summed E-state index contributed by atoms with van der Waals surface area (Å²) in [7, 11) is 6.10. The van der Waals surface area contributed by atoms with Gasteiger partial charge in [-0.1, -0.05) is 66.3 Å². The normalized spacial score (nSPS) is 25.2. The van der Waals surface area contributed by atoms with Gasteiger partial charge in [-0.05, 0) is 91.4 Å². The van der Waals surface area contributed by atoms with Gasteiger partial charge in [0.2, 0.25) is 29.4 Å². The Labute approximate surface area is 336 Å². The summed E-state index contributed by atoms with van der Waals surface area (Å²) in [6.45, 7) is 1.84. The first-order chi connectivity index (χ1) is 28.0. The van der Waals surface area contributed by atoms with Gasteiger partial charge >= 0.3 is 0 Å². The van der Waals surface area contributed by atoms with Gasteiger partial charge in [-0.25, -0.2) is 4.90 Å². The second kappa shape index (κ2) is 15.0. The number of allylic oxidation sites excluding steroid dienone is 3. The number of aromatic hydroxyl groups is 1. The molecule has 0 bridgehead atoms. The average Bonchev–Trinajstić information content (AvgIpc) is 3.62. The molecule has 4 aromatic carbocycles. The molecule has 6 unspecified atom stereocenters. The van der Waals surface area contributed by atoms with Crippen LogP contribution in [0.3, 0.4) is 0 Å². The molecule has 4 aliphatic rings. The highest BCUT2D eigenvalue weighted by Crippen LogP contribution is 2.61. The molecule has 11 nitrogen and oxygen atoms in total. The summed E-state index contributed by atoms with van der Waals surface area (Å²) in [6, 6.07) is 25.0. The Balaban J connectivity index is 1.13. The third-order valence-corrected chi connectivity index (χ3v) is 12.4. The second-order valence-electron chi connectivity index (χ2n) is 15.2. The summed E-state index contributed by atoms with van der Waals surface area (Å²) in [4.78, 5) is 60.4. The first-order valence-corrected chi connectivity index (χ1v) is 19.2. The molecule has 0 spiro atoms. The van der Waals surface area contributed by atoms with E-state index < -0.39 is 35.0 Å². The molecule has 2 saturated heterocycles. The maximum Gasteiger partial charge on any atom is 0.241 e. The van der Waals surface area contributed by atoms with Crippen molar-refractivity contribution in [3.8, 4) is 28.7 Å². The Hall–Kier alpha value is -6.62. The maximum absolute atomic E-state index is 14.6. The summed E-state index contributed by atoms with van der Waals surface area (Å²) < 4.78 is 21.7. The van der Waals surface area contributed by atoms with Crippen LogP contribution in [0.1, 0.15) is 36.5 Å². The monoisotopic (exact) mass is 780 g/mol. The van der Waals surface area contributed by atoms with Gasteiger partial charge in [0.1, 0.15) is 11.5 Å². The van der Waals surface area contributed by atoms with Gasteiger partial charge in [-0.2, -0.15) is 0 Å².